The minimum atomic E-state index is 0.276. The molecule has 1 aromatic rings. The highest BCUT2D eigenvalue weighted by Gasteiger charge is 2.06. The summed E-state index contributed by atoms with van der Waals surface area (Å²) in [6.07, 6.45) is 1.01. The molecule has 2 nitrogen and oxygen atoms in total. The lowest BCUT2D eigenvalue weighted by Crippen LogP contribution is -2.27. The van der Waals surface area contributed by atoms with E-state index in [2.05, 4.69) is 44.4 Å². The van der Waals surface area contributed by atoms with Crippen molar-refractivity contribution in [2.75, 3.05) is 0 Å². The van der Waals surface area contributed by atoms with Crippen molar-refractivity contribution >= 4 is 0 Å². The third-order valence-corrected chi connectivity index (χ3v) is 2.26. The van der Waals surface area contributed by atoms with E-state index < -0.39 is 0 Å². The van der Waals surface area contributed by atoms with Crippen LogP contribution in [0, 0.1) is 13.8 Å². The smallest absolute Gasteiger partial charge is 0.0457 e. The van der Waals surface area contributed by atoms with Crippen LogP contribution in [0.4, 0.5) is 0 Å². The quantitative estimate of drug-likeness (QED) is 0.550. The molecule has 0 aromatic heterocycles. The Morgan fingerprint density at radius 3 is 2.15 bits per heavy atom. The molecule has 0 aliphatic carbocycles. The monoisotopic (exact) mass is 178 g/mol. The van der Waals surface area contributed by atoms with E-state index in [1.165, 1.54) is 16.7 Å². The molecule has 0 amide bonds. The first-order chi connectivity index (χ1) is 6.17. The summed E-state index contributed by atoms with van der Waals surface area (Å²) < 4.78 is 0. The summed E-state index contributed by atoms with van der Waals surface area (Å²) in [6, 6.07) is 6.81. The molecule has 0 radical (unpaired) electrons. The fourth-order valence-corrected chi connectivity index (χ4v) is 1.66. The molecule has 0 bridgehead atoms. The van der Waals surface area contributed by atoms with Crippen LogP contribution in [0.15, 0.2) is 18.2 Å². The van der Waals surface area contributed by atoms with Gasteiger partial charge in [0.05, 0.1) is 0 Å². The third-order valence-electron chi connectivity index (χ3n) is 2.26. The average molecular weight is 178 g/mol. The third kappa shape index (κ3) is 2.54. The van der Waals surface area contributed by atoms with Gasteiger partial charge in [0.25, 0.3) is 0 Å². The summed E-state index contributed by atoms with van der Waals surface area (Å²) in [7, 11) is 0. The van der Waals surface area contributed by atoms with Crippen LogP contribution in [-0.2, 0) is 0 Å². The predicted molar refractivity (Wildman–Crippen MR) is 56.3 cm³/mol. The van der Waals surface area contributed by atoms with Crippen molar-refractivity contribution in [2.45, 2.75) is 33.2 Å². The zero-order chi connectivity index (χ0) is 9.84. The Balaban J connectivity index is 2.99. The Morgan fingerprint density at radius 1 is 1.23 bits per heavy atom. The number of rotatable bonds is 3. The zero-order valence-electron chi connectivity index (χ0n) is 8.59. The molecule has 1 aromatic carbocycles. The summed E-state index contributed by atoms with van der Waals surface area (Å²) in [6.45, 7) is 6.35. The average Bonchev–Trinajstić information content (AvgIpc) is 2.04. The number of nitrogens with two attached hydrogens (primary N) is 1. The first kappa shape index (κ1) is 10.2. The highest BCUT2D eigenvalue weighted by atomic mass is 15.2. The summed E-state index contributed by atoms with van der Waals surface area (Å²) in [5.74, 6) is 5.47. The maximum atomic E-state index is 5.47. The van der Waals surface area contributed by atoms with Crippen LogP contribution in [0.5, 0.6) is 0 Å². The second kappa shape index (κ2) is 4.40. The summed E-state index contributed by atoms with van der Waals surface area (Å²) in [5.41, 5.74) is 6.69. The Labute approximate surface area is 80.1 Å². The maximum absolute atomic E-state index is 5.47. The molecule has 0 aliphatic rings. The fraction of sp³-hybridized carbons (Fsp3) is 0.455. The van der Waals surface area contributed by atoms with Crippen molar-refractivity contribution in [1.29, 1.82) is 0 Å². The van der Waals surface area contributed by atoms with Crippen molar-refractivity contribution < 1.29 is 0 Å². The predicted octanol–water partition coefficient (Wildman–Crippen LogP) is 2.22. The minimum absolute atomic E-state index is 0.276. The number of hydrazine groups is 1. The van der Waals surface area contributed by atoms with Gasteiger partial charge in [-0.05, 0) is 25.8 Å². The first-order valence-electron chi connectivity index (χ1n) is 4.71. The Kier molecular flexibility index (Phi) is 3.46. The highest BCUT2D eigenvalue weighted by Crippen LogP contribution is 2.18. The summed E-state index contributed by atoms with van der Waals surface area (Å²) in [4.78, 5) is 0. The Bertz CT molecular complexity index is 257. The van der Waals surface area contributed by atoms with Crippen LogP contribution in [0.2, 0.25) is 0 Å². The molecule has 72 valence electrons. The molecule has 1 unspecified atom stereocenters. The molecule has 0 aliphatic heterocycles. The lowest BCUT2D eigenvalue weighted by atomic mass is 10.0. The normalized spacial score (nSPS) is 12.9. The van der Waals surface area contributed by atoms with E-state index in [-0.39, 0.29) is 6.04 Å². The van der Waals surface area contributed by atoms with Crippen LogP contribution in [0.25, 0.3) is 0 Å². The van der Waals surface area contributed by atoms with Crippen molar-refractivity contribution in [1.82, 2.24) is 5.43 Å². The van der Waals surface area contributed by atoms with E-state index in [1.807, 2.05) is 0 Å². The number of benzene rings is 1. The molecule has 0 saturated carbocycles. The van der Waals surface area contributed by atoms with E-state index in [0.717, 1.165) is 6.42 Å². The van der Waals surface area contributed by atoms with Gasteiger partial charge in [0, 0.05) is 6.04 Å². The van der Waals surface area contributed by atoms with Crippen molar-refractivity contribution in [3.63, 3.8) is 0 Å². The van der Waals surface area contributed by atoms with Gasteiger partial charge < -0.3 is 0 Å². The Morgan fingerprint density at radius 2 is 1.77 bits per heavy atom. The summed E-state index contributed by atoms with van der Waals surface area (Å²) >= 11 is 0. The van der Waals surface area contributed by atoms with E-state index in [0.29, 0.717) is 0 Å². The molecule has 13 heavy (non-hydrogen) atoms. The van der Waals surface area contributed by atoms with Gasteiger partial charge in [-0.1, -0.05) is 36.2 Å². The molecule has 0 saturated heterocycles. The lowest BCUT2D eigenvalue weighted by molar-refractivity contribution is 0.538. The van der Waals surface area contributed by atoms with Crippen molar-refractivity contribution in [3.8, 4) is 0 Å². The van der Waals surface area contributed by atoms with Gasteiger partial charge in [-0.2, -0.15) is 0 Å². The molecule has 3 N–H and O–H groups in total. The van der Waals surface area contributed by atoms with Gasteiger partial charge in [0.2, 0.25) is 0 Å². The van der Waals surface area contributed by atoms with Gasteiger partial charge in [-0.25, -0.2) is 0 Å². The molecular weight excluding hydrogens is 160 g/mol. The molecule has 1 atom stereocenters. The second-order valence-corrected chi connectivity index (χ2v) is 3.55. The molecule has 0 spiro atoms. The molecule has 0 fully saturated rings. The first-order valence-corrected chi connectivity index (χ1v) is 4.71. The van der Waals surface area contributed by atoms with Gasteiger partial charge in [0.1, 0.15) is 0 Å². The van der Waals surface area contributed by atoms with E-state index in [9.17, 15) is 0 Å². The van der Waals surface area contributed by atoms with E-state index >= 15 is 0 Å². The number of aryl methyl sites for hydroxylation is 2. The van der Waals surface area contributed by atoms with Gasteiger partial charge in [-0.3, -0.25) is 11.3 Å². The standard InChI is InChI=1S/C11H18N2/c1-4-11(13-12)10-6-8(2)5-9(3)7-10/h5-7,11,13H,4,12H2,1-3H3. The SMILES string of the molecule is CCC(NN)c1cc(C)cc(C)c1. The van der Waals surface area contributed by atoms with Gasteiger partial charge in [-0.15, -0.1) is 0 Å². The van der Waals surface area contributed by atoms with Crippen LogP contribution in [0.3, 0.4) is 0 Å². The Hall–Kier alpha value is -0.860. The van der Waals surface area contributed by atoms with Crippen LogP contribution < -0.4 is 11.3 Å². The topological polar surface area (TPSA) is 38.0 Å². The summed E-state index contributed by atoms with van der Waals surface area (Å²) in [5, 5.41) is 0. The van der Waals surface area contributed by atoms with Gasteiger partial charge in [0.15, 0.2) is 0 Å². The number of hydrogen-bond acceptors (Lipinski definition) is 2. The minimum Gasteiger partial charge on any atom is -0.271 e. The molecule has 0 heterocycles. The highest BCUT2D eigenvalue weighted by molar-refractivity contribution is 5.30. The van der Waals surface area contributed by atoms with E-state index in [1.54, 1.807) is 0 Å². The van der Waals surface area contributed by atoms with Crippen LogP contribution in [0.1, 0.15) is 36.1 Å². The largest absolute Gasteiger partial charge is 0.271 e. The number of hydrogen-bond donors (Lipinski definition) is 2. The molecule has 1 rings (SSSR count). The molecular formula is C11H18N2. The molecule has 2 heteroatoms. The zero-order valence-corrected chi connectivity index (χ0v) is 8.59. The second-order valence-electron chi connectivity index (χ2n) is 3.55. The van der Waals surface area contributed by atoms with Gasteiger partial charge >= 0.3 is 0 Å². The lowest BCUT2D eigenvalue weighted by Gasteiger charge is -2.15. The van der Waals surface area contributed by atoms with Crippen molar-refractivity contribution in [2.24, 2.45) is 5.84 Å². The van der Waals surface area contributed by atoms with Crippen LogP contribution in [-0.4, -0.2) is 0 Å². The van der Waals surface area contributed by atoms with Crippen LogP contribution >= 0.6 is 0 Å². The maximum Gasteiger partial charge on any atom is 0.0457 e. The van der Waals surface area contributed by atoms with E-state index in [4.69, 9.17) is 5.84 Å². The van der Waals surface area contributed by atoms with Crippen molar-refractivity contribution in [3.05, 3.63) is 34.9 Å². The number of nitrogens with one attached hydrogen (secondary N) is 1. The fourth-order valence-electron chi connectivity index (χ4n) is 1.66.